The van der Waals surface area contributed by atoms with Crippen LogP contribution in [0.2, 0.25) is 0 Å². The minimum atomic E-state index is 0.107. The summed E-state index contributed by atoms with van der Waals surface area (Å²) in [5.74, 6) is 0.107. The molecule has 1 atom stereocenters. The summed E-state index contributed by atoms with van der Waals surface area (Å²) < 4.78 is 5.43. The standard InChI is InChI=1S/C16H24N2O2/c1-3-16(19)17-12-15(18-7-9-20-10-8-18)14-6-4-5-13(2)11-14/h4-6,11,15H,3,7-10,12H2,1-2H3,(H,17,19). The van der Waals surface area contributed by atoms with Gasteiger partial charge in [-0.15, -0.1) is 0 Å². The van der Waals surface area contributed by atoms with Crippen molar-refractivity contribution in [1.29, 1.82) is 0 Å². The first-order valence-electron chi connectivity index (χ1n) is 7.35. The first-order valence-corrected chi connectivity index (χ1v) is 7.35. The second-order valence-electron chi connectivity index (χ2n) is 5.24. The molecule has 0 radical (unpaired) electrons. The second kappa shape index (κ2) is 7.41. The molecule has 1 aliphatic rings. The van der Waals surface area contributed by atoms with Gasteiger partial charge in [-0.2, -0.15) is 0 Å². The molecule has 0 saturated carbocycles. The minimum Gasteiger partial charge on any atom is -0.379 e. The zero-order chi connectivity index (χ0) is 14.4. The van der Waals surface area contributed by atoms with E-state index in [9.17, 15) is 4.79 Å². The number of hydrogen-bond acceptors (Lipinski definition) is 3. The lowest BCUT2D eigenvalue weighted by atomic mass is 10.0. The summed E-state index contributed by atoms with van der Waals surface area (Å²) in [6.45, 7) is 8.02. The van der Waals surface area contributed by atoms with Crippen molar-refractivity contribution < 1.29 is 9.53 Å². The third-order valence-corrected chi connectivity index (χ3v) is 3.73. The molecule has 0 aromatic heterocycles. The number of amides is 1. The van der Waals surface area contributed by atoms with Crippen molar-refractivity contribution in [3.63, 3.8) is 0 Å². The van der Waals surface area contributed by atoms with Crippen molar-refractivity contribution >= 4 is 5.91 Å². The van der Waals surface area contributed by atoms with Crippen LogP contribution in [0.4, 0.5) is 0 Å². The van der Waals surface area contributed by atoms with Crippen LogP contribution in [-0.4, -0.2) is 43.7 Å². The average molecular weight is 276 g/mol. The number of carbonyl (C=O) groups is 1. The lowest BCUT2D eigenvalue weighted by Crippen LogP contribution is -2.43. The van der Waals surface area contributed by atoms with E-state index in [-0.39, 0.29) is 11.9 Å². The van der Waals surface area contributed by atoms with Gasteiger partial charge in [0.15, 0.2) is 0 Å². The molecule has 4 heteroatoms. The molecule has 0 aliphatic carbocycles. The quantitative estimate of drug-likeness (QED) is 0.893. The fourth-order valence-electron chi connectivity index (χ4n) is 2.56. The van der Waals surface area contributed by atoms with Crippen LogP contribution >= 0.6 is 0 Å². The molecule has 2 rings (SSSR count). The molecule has 1 aromatic rings. The van der Waals surface area contributed by atoms with Crippen LogP contribution < -0.4 is 5.32 Å². The van der Waals surface area contributed by atoms with Gasteiger partial charge >= 0.3 is 0 Å². The third-order valence-electron chi connectivity index (χ3n) is 3.73. The van der Waals surface area contributed by atoms with E-state index in [1.165, 1.54) is 11.1 Å². The lowest BCUT2D eigenvalue weighted by Gasteiger charge is -2.35. The molecule has 1 aromatic carbocycles. The summed E-state index contributed by atoms with van der Waals surface area (Å²) in [7, 11) is 0. The monoisotopic (exact) mass is 276 g/mol. The molecule has 1 aliphatic heterocycles. The summed E-state index contributed by atoms with van der Waals surface area (Å²) in [6, 6.07) is 8.77. The molecule has 110 valence electrons. The Balaban J connectivity index is 2.12. The highest BCUT2D eigenvalue weighted by Gasteiger charge is 2.22. The van der Waals surface area contributed by atoms with Crippen molar-refractivity contribution in [3.8, 4) is 0 Å². The van der Waals surface area contributed by atoms with E-state index >= 15 is 0 Å². The molecule has 1 fully saturated rings. The number of rotatable bonds is 5. The van der Waals surface area contributed by atoms with Gasteiger partial charge in [-0.1, -0.05) is 36.8 Å². The van der Waals surface area contributed by atoms with Gasteiger partial charge in [-0.25, -0.2) is 0 Å². The van der Waals surface area contributed by atoms with Gasteiger partial charge < -0.3 is 10.1 Å². The van der Waals surface area contributed by atoms with Crippen LogP contribution in [0.5, 0.6) is 0 Å². The van der Waals surface area contributed by atoms with Gasteiger partial charge in [0.25, 0.3) is 0 Å². The molecule has 1 unspecified atom stereocenters. The molecular weight excluding hydrogens is 252 g/mol. The number of ether oxygens (including phenoxy) is 1. The summed E-state index contributed by atoms with van der Waals surface area (Å²) in [5, 5.41) is 3.03. The van der Waals surface area contributed by atoms with Crippen LogP contribution in [-0.2, 0) is 9.53 Å². The first kappa shape index (κ1) is 15.0. The van der Waals surface area contributed by atoms with E-state index in [0.29, 0.717) is 13.0 Å². The van der Waals surface area contributed by atoms with Crippen molar-refractivity contribution in [2.75, 3.05) is 32.8 Å². The summed E-state index contributed by atoms with van der Waals surface area (Å²) >= 11 is 0. The molecule has 0 spiro atoms. The van der Waals surface area contributed by atoms with Gasteiger partial charge in [-0.05, 0) is 12.5 Å². The van der Waals surface area contributed by atoms with Crippen LogP contribution in [0.3, 0.4) is 0 Å². The highest BCUT2D eigenvalue weighted by atomic mass is 16.5. The normalized spacial score (nSPS) is 17.7. The molecular formula is C16H24N2O2. The van der Waals surface area contributed by atoms with E-state index in [1.54, 1.807) is 0 Å². The Morgan fingerprint density at radius 1 is 1.40 bits per heavy atom. The molecule has 20 heavy (non-hydrogen) atoms. The predicted octanol–water partition coefficient (Wildman–Crippen LogP) is 1.89. The number of nitrogens with one attached hydrogen (secondary N) is 1. The number of benzene rings is 1. The zero-order valence-electron chi connectivity index (χ0n) is 12.4. The Morgan fingerprint density at radius 3 is 2.80 bits per heavy atom. The maximum absolute atomic E-state index is 11.5. The van der Waals surface area contributed by atoms with Gasteiger partial charge in [0, 0.05) is 26.1 Å². The van der Waals surface area contributed by atoms with E-state index < -0.39 is 0 Å². The Kier molecular flexibility index (Phi) is 5.56. The summed E-state index contributed by atoms with van der Waals surface area (Å²) in [5.41, 5.74) is 2.52. The summed E-state index contributed by atoms with van der Waals surface area (Å²) in [4.78, 5) is 13.9. The molecule has 1 N–H and O–H groups in total. The largest absolute Gasteiger partial charge is 0.379 e. The molecule has 1 saturated heterocycles. The highest BCUT2D eigenvalue weighted by Crippen LogP contribution is 2.22. The third kappa shape index (κ3) is 4.05. The zero-order valence-corrected chi connectivity index (χ0v) is 12.4. The fourth-order valence-corrected chi connectivity index (χ4v) is 2.56. The molecule has 0 bridgehead atoms. The summed E-state index contributed by atoms with van der Waals surface area (Å²) in [6.07, 6.45) is 0.531. The Hall–Kier alpha value is -1.39. The smallest absolute Gasteiger partial charge is 0.219 e. The Morgan fingerprint density at radius 2 is 2.15 bits per heavy atom. The lowest BCUT2D eigenvalue weighted by molar-refractivity contribution is -0.121. The SMILES string of the molecule is CCC(=O)NCC(c1cccc(C)c1)N1CCOCC1. The van der Waals surface area contributed by atoms with Crippen molar-refractivity contribution in [1.82, 2.24) is 10.2 Å². The van der Waals surface area contributed by atoms with Gasteiger partial charge in [-0.3, -0.25) is 9.69 Å². The maximum Gasteiger partial charge on any atom is 0.219 e. The first-order chi connectivity index (χ1) is 9.70. The van der Waals surface area contributed by atoms with E-state index in [4.69, 9.17) is 4.74 Å². The van der Waals surface area contributed by atoms with Crippen molar-refractivity contribution in [3.05, 3.63) is 35.4 Å². The minimum absolute atomic E-state index is 0.107. The molecule has 1 amide bonds. The second-order valence-corrected chi connectivity index (χ2v) is 5.24. The molecule has 4 nitrogen and oxygen atoms in total. The predicted molar refractivity (Wildman–Crippen MR) is 79.6 cm³/mol. The highest BCUT2D eigenvalue weighted by molar-refractivity contribution is 5.75. The number of morpholine rings is 1. The number of hydrogen-bond donors (Lipinski definition) is 1. The fraction of sp³-hybridized carbons (Fsp3) is 0.562. The van der Waals surface area contributed by atoms with E-state index in [2.05, 4.69) is 41.4 Å². The van der Waals surface area contributed by atoms with Crippen molar-refractivity contribution in [2.24, 2.45) is 0 Å². The van der Waals surface area contributed by atoms with Crippen LogP contribution in [0.15, 0.2) is 24.3 Å². The Labute approximate surface area is 121 Å². The number of aryl methyl sites for hydroxylation is 1. The maximum atomic E-state index is 11.5. The van der Waals surface area contributed by atoms with Gasteiger partial charge in [0.1, 0.15) is 0 Å². The van der Waals surface area contributed by atoms with Crippen molar-refractivity contribution in [2.45, 2.75) is 26.3 Å². The Bertz CT molecular complexity index is 442. The average Bonchev–Trinajstić information content (AvgIpc) is 2.48. The van der Waals surface area contributed by atoms with Gasteiger partial charge in [0.05, 0.1) is 19.3 Å². The number of nitrogens with zero attached hydrogens (tertiary/aromatic N) is 1. The number of carbonyl (C=O) groups excluding carboxylic acids is 1. The topological polar surface area (TPSA) is 41.6 Å². The van der Waals surface area contributed by atoms with Gasteiger partial charge in [0.2, 0.25) is 5.91 Å². The molecule has 1 heterocycles. The van der Waals surface area contributed by atoms with E-state index in [1.807, 2.05) is 6.92 Å². The van der Waals surface area contributed by atoms with Crippen LogP contribution in [0, 0.1) is 6.92 Å². The van der Waals surface area contributed by atoms with Crippen LogP contribution in [0.25, 0.3) is 0 Å². The van der Waals surface area contributed by atoms with E-state index in [0.717, 1.165) is 26.3 Å². The van der Waals surface area contributed by atoms with Crippen LogP contribution in [0.1, 0.15) is 30.5 Å².